The molecule has 0 bridgehead atoms. The van der Waals surface area contributed by atoms with Crippen LogP contribution in [-0.4, -0.2) is 23.0 Å². The molecule has 1 aliphatic rings. The highest BCUT2D eigenvalue weighted by Crippen LogP contribution is 2.27. The number of H-pyrrole nitrogens is 1. The van der Waals surface area contributed by atoms with Crippen LogP contribution in [0.3, 0.4) is 0 Å². The van der Waals surface area contributed by atoms with E-state index in [1.807, 2.05) is 25.1 Å². The molecule has 0 amide bonds. The van der Waals surface area contributed by atoms with Gasteiger partial charge in [0.05, 0.1) is 6.10 Å². The van der Waals surface area contributed by atoms with Crippen LogP contribution in [0.4, 0.5) is 0 Å². The highest BCUT2D eigenvalue weighted by atomic mass is 79.9. The molecular weight excluding hydrogens is 294 g/mol. The fourth-order valence-electron chi connectivity index (χ4n) is 2.47. The molecule has 94 valence electrons. The van der Waals surface area contributed by atoms with Crippen LogP contribution < -0.4 is 0 Å². The minimum Gasteiger partial charge on any atom is -0.367 e. The van der Waals surface area contributed by atoms with E-state index in [-0.39, 0.29) is 18.0 Å². The largest absolute Gasteiger partial charge is 0.367 e. The number of ketones is 1. The molecule has 0 radical (unpaired) electrons. The van der Waals surface area contributed by atoms with Gasteiger partial charge in [-0.15, -0.1) is 0 Å². The van der Waals surface area contributed by atoms with Crippen LogP contribution in [0.5, 0.6) is 0 Å². The molecule has 1 fully saturated rings. The smallest absolute Gasteiger partial charge is 0.193 e. The molecule has 2 atom stereocenters. The van der Waals surface area contributed by atoms with Gasteiger partial charge in [0.15, 0.2) is 5.78 Å². The average Bonchev–Trinajstić information content (AvgIpc) is 2.94. The molecule has 2 aromatic rings. The van der Waals surface area contributed by atoms with E-state index in [4.69, 9.17) is 4.74 Å². The summed E-state index contributed by atoms with van der Waals surface area (Å²) in [6, 6.07) is 5.89. The Balaban J connectivity index is 1.97. The number of aromatic amines is 1. The molecule has 3 nitrogen and oxygen atoms in total. The molecule has 1 N–H and O–H groups in total. The number of benzene rings is 1. The van der Waals surface area contributed by atoms with Gasteiger partial charge in [0.1, 0.15) is 6.10 Å². The third kappa shape index (κ3) is 1.99. The first-order valence-corrected chi connectivity index (χ1v) is 6.91. The van der Waals surface area contributed by atoms with Crippen LogP contribution in [0.2, 0.25) is 0 Å². The maximum Gasteiger partial charge on any atom is 0.193 e. The van der Waals surface area contributed by atoms with Gasteiger partial charge in [-0.3, -0.25) is 4.79 Å². The Bertz CT molecular complexity index is 605. The van der Waals surface area contributed by atoms with Gasteiger partial charge in [-0.25, -0.2) is 0 Å². The maximum atomic E-state index is 12.4. The molecular formula is C14H14BrNO2. The van der Waals surface area contributed by atoms with Crippen molar-refractivity contribution >= 4 is 32.6 Å². The molecule has 1 saturated heterocycles. The van der Waals surface area contributed by atoms with Gasteiger partial charge in [-0.2, -0.15) is 0 Å². The lowest BCUT2D eigenvalue weighted by molar-refractivity contribution is 0.0435. The molecule has 1 aromatic carbocycles. The van der Waals surface area contributed by atoms with Crippen molar-refractivity contribution in [2.45, 2.75) is 32.0 Å². The number of nitrogens with one attached hydrogen (secondary N) is 1. The van der Waals surface area contributed by atoms with Crippen molar-refractivity contribution in [2.75, 3.05) is 0 Å². The predicted octanol–water partition coefficient (Wildman–Crippen LogP) is 3.68. The lowest BCUT2D eigenvalue weighted by Gasteiger charge is -2.09. The van der Waals surface area contributed by atoms with Crippen LogP contribution in [0.1, 0.15) is 30.1 Å². The molecule has 1 aromatic heterocycles. The fourth-order valence-corrected chi connectivity index (χ4v) is 2.83. The molecule has 2 unspecified atom stereocenters. The van der Waals surface area contributed by atoms with Gasteiger partial charge >= 0.3 is 0 Å². The van der Waals surface area contributed by atoms with E-state index in [1.54, 1.807) is 6.20 Å². The summed E-state index contributed by atoms with van der Waals surface area (Å²) < 4.78 is 6.65. The number of carbonyl (C=O) groups excluding carboxylic acids is 1. The van der Waals surface area contributed by atoms with Gasteiger partial charge in [0.25, 0.3) is 0 Å². The Morgan fingerprint density at radius 2 is 2.28 bits per heavy atom. The summed E-state index contributed by atoms with van der Waals surface area (Å²) in [4.78, 5) is 15.5. The number of rotatable bonds is 2. The van der Waals surface area contributed by atoms with Crippen LogP contribution in [0.25, 0.3) is 10.9 Å². The molecule has 0 saturated carbocycles. The predicted molar refractivity (Wildman–Crippen MR) is 73.9 cm³/mol. The maximum absolute atomic E-state index is 12.4. The lowest BCUT2D eigenvalue weighted by atomic mass is 10.0. The van der Waals surface area contributed by atoms with Crippen LogP contribution >= 0.6 is 15.9 Å². The molecule has 18 heavy (non-hydrogen) atoms. The molecule has 1 aliphatic heterocycles. The van der Waals surface area contributed by atoms with Crippen molar-refractivity contribution < 1.29 is 9.53 Å². The molecule has 4 heteroatoms. The summed E-state index contributed by atoms with van der Waals surface area (Å²) in [6.07, 6.45) is 3.49. The fraction of sp³-hybridized carbons (Fsp3) is 0.357. The molecule has 0 aliphatic carbocycles. The first-order chi connectivity index (χ1) is 8.65. The number of Topliss-reactive ketones (excluding diaryl/α,β-unsaturated/α-hetero) is 1. The molecule has 2 heterocycles. The Hall–Kier alpha value is -1.13. The normalized spacial score (nSPS) is 23.7. The van der Waals surface area contributed by atoms with E-state index >= 15 is 0 Å². The Kier molecular flexibility index (Phi) is 2.99. The van der Waals surface area contributed by atoms with Crippen molar-refractivity contribution in [3.8, 4) is 0 Å². The first kappa shape index (κ1) is 11.9. The van der Waals surface area contributed by atoms with E-state index in [0.29, 0.717) is 0 Å². The number of fused-ring (bicyclic) bond motifs is 1. The van der Waals surface area contributed by atoms with Gasteiger partial charge in [-0.05, 0) is 31.9 Å². The summed E-state index contributed by atoms with van der Waals surface area (Å²) in [7, 11) is 0. The first-order valence-electron chi connectivity index (χ1n) is 6.11. The zero-order valence-corrected chi connectivity index (χ0v) is 11.7. The zero-order chi connectivity index (χ0) is 12.7. The standard InChI is InChI=1S/C14H14BrNO2/c1-8-2-5-13(18-8)14(17)11-7-16-12-6-9(15)3-4-10(11)12/h3-4,6-8,13,16H,2,5H2,1H3. The van der Waals surface area contributed by atoms with Gasteiger partial charge < -0.3 is 9.72 Å². The number of aromatic nitrogens is 1. The quantitative estimate of drug-likeness (QED) is 0.860. The minimum absolute atomic E-state index is 0.0907. The third-order valence-corrected chi connectivity index (χ3v) is 3.93. The SMILES string of the molecule is CC1CCC(C(=O)c2c[nH]c3cc(Br)ccc23)O1. The van der Waals surface area contributed by atoms with Gasteiger partial charge in [0, 0.05) is 27.1 Å². The number of ether oxygens (including phenoxy) is 1. The van der Waals surface area contributed by atoms with Crippen molar-refractivity contribution in [3.05, 3.63) is 34.4 Å². The van der Waals surface area contributed by atoms with E-state index in [1.165, 1.54) is 0 Å². The highest BCUT2D eigenvalue weighted by molar-refractivity contribution is 9.10. The summed E-state index contributed by atoms with van der Waals surface area (Å²) in [6.45, 7) is 2.01. The van der Waals surface area contributed by atoms with Crippen LogP contribution in [0.15, 0.2) is 28.9 Å². The van der Waals surface area contributed by atoms with Crippen molar-refractivity contribution in [1.82, 2.24) is 4.98 Å². The summed E-state index contributed by atoms with van der Waals surface area (Å²) >= 11 is 3.42. The number of hydrogen-bond acceptors (Lipinski definition) is 2. The van der Waals surface area contributed by atoms with Crippen molar-refractivity contribution in [1.29, 1.82) is 0 Å². The second kappa shape index (κ2) is 4.52. The Labute approximate surface area is 114 Å². The average molecular weight is 308 g/mol. The van der Waals surface area contributed by atoms with Crippen molar-refractivity contribution in [3.63, 3.8) is 0 Å². The third-order valence-electron chi connectivity index (χ3n) is 3.43. The topological polar surface area (TPSA) is 42.1 Å². The Morgan fingerprint density at radius 3 is 3.00 bits per heavy atom. The van der Waals surface area contributed by atoms with Gasteiger partial charge in [0.2, 0.25) is 0 Å². The second-order valence-electron chi connectivity index (χ2n) is 4.77. The van der Waals surface area contributed by atoms with Crippen molar-refractivity contribution in [2.24, 2.45) is 0 Å². The van der Waals surface area contributed by atoms with Crippen LogP contribution in [-0.2, 0) is 4.74 Å². The molecule has 3 rings (SSSR count). The highest BCUT2D eigenvalue weighted by Gasteiger charge is 2.30. The van der Waals surface area contributed by atoms with E-state index in [9.17, 15) is 4.79 Å². The second-order valence-corrected chi connectivity index (χ2v) is 5.68. The molecule has 0 spiro atoms. The summed E-state index contributed by atoms with van der Waals surface area (Å²) in [5, 5.41) is 0.964. The monoisotopic (exact) mass is 307 g/mol. The summed E-state index contributed by atoms with van der Waals surface area (Å²) in [5.41, 5.74) is 1.70. The Morgan fingerprint density at radius 1 is 1.44 bits per heavy atom. The zero-order valence-electron chi connectivity index (χ0n) is 10.1. The number of hydrogen-bond donors (Lipinski definition) is 1. The van der Waals surface area contributed by atoms with E-state index in [2.05, 4.69) is 20.9 Å². The van der Waals surface area contributed by atoms with Gasteiger partial charge in [-0.1, -0.05) is 22.0 Å². The minimum atomic E-state index is -0.275. The number of carbonyl (C=O) groups is 1. The van der Waals surface area contributed by atoms with Crippen LogP contribution in [0, 0.1) is 0 Å². The number of halogens is 1. The summed E-state index contributed by atoms with van der Waals surface area (Å²) in [5.74, 6) is 0.0907. The lowest BCUT2D eigenvalue weighted by Crippen LogP contribution is -2.20. The van der Waals surface area contributed by atoms with E-state index in [0.717, 1.165) is 33.8 Å². The van der Waals surface area contributed by atoms with E-state index < -0.39 is 0 Å².